The first kappa shape index (κ1) is 22.8. The second-order valence-electron chi connectivity index (χ2n) is 7.89. The molecular weight excluding hydrogens is 449 g/mol. The summed E-state index contributed by atoms with van der Waals surface area (Å²) >= 11 is 1.22. The zero-order chi connectivity index (χ0) is 23.7. The van der Waals surface area contributed by atoms with Crippen molar-refractivity contribution in [3.8, 4) is 22.5 Å². The number of halogens is 1. The van der Waals surface area contributed by atoms with E-state index in [1.54, 1.807) is 20.3 Å². The molecule has 33 heavy (non-hydrogen) atoms. The molecule has 1 aromatic carbocycles. The predicted octanol–water partition coefficient (Wildman–Crippen LogP) is 2.82. The average molecular weight is 474 g/mol. The number of benzene rings is 1. The van der Waals surface area contributed by atoms with Crippen molar-refractivity contribution in [3.05, 3.63) is 35.8 Å². The van der Waals surface area contributed by atoms with Crippen LogP contribution in [-0.4, -0.2) is 70.1 Å². The quantitative estimate of drug-likeness (QED) is 0.596. The van der Waals surface area contributed by atoms with E-state index in [2.05, 4.69) is 19.9 Å². The van der Waals surface area contributed by atoms with Crippen LogP contribution in [0.15, 0.2) is 24.4 Å². The lowest BCUT2D eigenvalue weighted by molar-refractivity contribution is 0.0746. The van der Waals surface area contributed by atoms with E-state index in [0.29, 0.717) is 35.0 Å². The van der Waals surface area contributed by atoms with Crippen LogP contribution in [-0.2, 0) is 4.74 Å². The SMILES string of the molecule is C[C@@H]1COC[C@H](C)N1c1nc(Oc2ccc(C(=O)N(C)C)cc2F)nc(-c2cnc(N)s2)n1. The van der Waals surface area contributed by atoms with E-state index in [1.807, 2.05) is 18.7 Å². The second kappa shape index (κ2) is 9.24. The van der Waals surface area contributed by atoms with Crippen molar-refractivity contribution < 1.29 is 18.7 Å². The lowest BCUT2D eigenvalue weighted by Crippen LogP contribution is -2.50. The third-order valence-electron chi connectivity index (χ3n) is 5.03. The zero-order valence-electron chi connectivity index (χ0n) is 18.6. The Balaban J connectivity index is 1.72. The topological polar surface area (TPSA) is 120 Å². The first-order chi connectivity index (χ1) is 15.7. The number of amides is 1. The van der Waals surface area contributed by atoms with E-state index in [-0.39, 0.29) is 35.3 Å². The Morgan fingerprint density at radius 1 is 1.24 bits per heavy atom. The number of anilines is 2. The molecule has 0 spiro atoms. The van der Waals surface area contributed by atoms with Crippen LogP contribution in [0.4, 0.5) is 15.5 Å². The highest BCUT2D eigenvalue weighted by atomic mass is 32.1. The Morgan fingerprint density at radius 2 is 1.97 bits per heavy atom. The maximum Gasteiger partial charge on any atom is 0.327 e. The molecule has 0 unspecified atom stereocenters. The molecule has 1 saturated heterocycles. The Kier molecular flexibility index (Phi) is 6.38. The summed E-state index contributed by atoms with van der Waals surface area (Å²) < 4.78 is 26.1. The smallest absolute Gasteiger partial charge is 0.327 e. The second-order valence-corrected chi connectivity index (χ2v) is 8.96. The minimum atomic E-state index is -0.707. The molecule has 1 fully saturated rings. The molecule has 0 saturated carbocycles. The van der Waals surface area contributed by atoms with E-state index in [4.69, 9.17) is 15.2 Å². The Hall–Kier alpha value is -3.38. The van der Waals surface area contributed by atoms with Gasteiger partial charge in [0, 0.05) is 19.7 Å². The van der Waals surface area contributed by atoms with Gasteiger partial charge in [-0.05, 0) is 32.0 Å². The number of hydrogen-bond donors (Lipinski definition) is 1. The summed E-state index contributed by atoms with van der Waals surface area (Å²) in [4.78, 5) is 33.6. The van der Waals surface area contributed by atoms with Crippen LogP contribution in [0.2, 0.25) is 0 Å². The normalized spacial score (nSPS) is 18.3. The van der Waals surface area contributed by atoms with Gasteiger partial charge in [-0.2, -0.15) is 15.0 Å². The Morgan fingerprint density at radius 3 is 2.58 bits per heavy atom. The minimum Gasteiger partial charge on any atom is -0.421 e. The van der Waals surface area contributed by atoms with E-state index >= 15 is 0 Å². The lowest BCUT2D eigenvalue weighted by atomic mass is 10.2. The van der Waals surface area contributed by atoms with Gasteiger partial charge in [-0.15, -0.1) is 0 Å². The molecule has 1 amide bonds. The lowest BCUT2D eigenvalue weighted by Gasteiger charge is -2.38. The molecule has 12 heteroatoms. The van der Waals surface area contributed by atoms with Crippen molar-refractivity contribution in [2.45, 2.75) is 25.9 Å². The first-order valence-electron chi connectivity index (χ1n) is 10.3. The van der Waals surface area contributed by atoms with Crippen LogP contribution in [0.25, 0.3) is 10.7 Å². The van der Waals surface area contributed by atoms with Gasteiger partial charge < -0.3 is 25.0 Å². The molecule has 0 bridgehead atoms. The number of ether oxygens (including phenoxy) is 2. The summed E-state index contributed by atoms with van der Waals surface area (Å²) in [6.07, 6.45) is 1.57. The number of carbonyl (C=O) groups is 1. The van der Waals surface area contributed by atoms with Crippen molar-refractivity contribution in [3.63, 3.8) is 0 Å². The molecule has 0 radical (unpaired) electrons. The molecule has 2 atom stereocenters. The van der Waals surface area contributed by atoms with Gasteiger partial charge in [0.1, 0.15) is 0 Å². The summed E-state index contributed by atoms with van der Waals surface area (Å²) in [6.45, 7) is 5.05. The predicted molar refractivity (Wildman–Crippen MR) is 122 cm³/mol. The van der Waals surface area contributed by atoms with Gasteiger partial charge in [0.05, 0.1) is 36.4 Å². The van der Waals surface area contributed by atoms with Crippen molar-refractivity contribution in [2.24, 2.45) is 0 Å². The standard InChI is InChI=1S/C21H24FN7O3S/c1-11-9-31-10-12(2)29(11)20-25-17(16-8-24-19(23)33-16)26-21(27-20)32-15-6-5-13(7-14(15)22)18(30)28(3)4/h5-8,11-12H,9-10H2,1-4H3,(H2,23,24)/t11-,12+. The van der Waals surface area contributed by atoms with Crippen LogP contribution in [0.5, 0.6) is 11.8 Å². The maximum atomic E-state index is 14.7. The fourth-order valence-corrected chi connectivity index (χ4v) is 4.10. The number of hydrogen-bond acceptors (Lipinski definition) is 10. The highest BCUT2D eigenvalue weighted by Gasteiger charge is 2.29. The molecular formula is C21H24FN7O3S. The number of nitrogen functional groups attached to an aromatic ring is 1. The number of thiazole rings is 1. The summed E-state index contributed by atoms with van der Waals surface area (Å²) in [6, 6.07) is 3.92. The first-order valence-corrected chi connectivity index (χ1v) is 11.1. The molecule has 2 aromatic heterocycles. The summed E-state index contributed by atoms with van der Waals surface area (Å²) in [7, 11) is 3.19. The molecule has 2 N–H and O–H groups in total. The summed E-state index contributed by atoms with van der Waals surface area (Å²) in [5.41, 5.74) is 5.99. The largest absolute Gasteiger partial charge is 0.421 e. The highest BCUT2D eigenvalue weighted by Crippen LogP contribution is 2.31. The van der Waals surface area contributed by atoms with E-state index in [0.717, 1.165) is 6.07 Å². The molecule has 1 aliphatic heterocycles. The number of morpholine rings is 1. The summed E-state index contributed by atoms with van der Waals surface area (Å²) in [5.74, 6) is -0.440. The Labute approximate surface area is 194 Å². The molecule has 4 rings (SSSR count). The van der Waals surface area contributed by atoms with Gasteiger partial charge in [0.25, 0.3) is 5.91 Å². The monoisotopic (exact) mass is 473 g/mol. The number of aromatic nitrogens is 4. The third kappa shape index (κ3) is 4.86. The van der Waals surface area contributed by atoms with Gasteiger partial charge in [-0.3, -0.25) is 4.79 Å². The fourth-order valence-electron chi connectivity index (χ4n) is 3.48. The average Bonchev–Trinajstić information content (AvgIpc) is 3.21. The van der Waals surface area contributed by atoms with E-state index in [1.165, 1.54) is 28.4 Å². The highest BCUT2D eigenvalue weighted by molar-refractivity contribution is 7.18. The van der Waals surface area contributed by atoms with Gasteiger partial charge >= 0.3 is 6.01 Å². The number of rotatable bonds is 5. The zero-order valence-corrected chi connectivity index (χ0v) is 19.5. The minimum absolute atomic E-state index is 0.0106. The van der Waals surface area contributed by atoms with Crippen LogP contribution in [0, 0.1) is 5.82 Å². The molecule has 3 heterocycles. The number of carbonyl (C=O) groups excluding carboxylic acids is 1. The van der Waals surface area contributed by atoms with Crippen LogP contribution >= 0.6 is 11.3 Å². The van der Waals surface area contributed by atoms with E-state index in [9.17, 15) is 9.18 Å². The van der Waals surface area contributed by atoms with Gasteiger partial charge in [-0.25, -0.2) is 9.37 Å². The number of nitrogens with two attached hydrogens (primary N) is 1. The van der Waals surface area contributed by atoms with Gasteiger partial charge in [-0.1, -0.05) is 11.3 Å². The Bertz CT molecular complexity index is 1160. The van der Waals surface area contributed by atoms with Crippen molar-refractivity contribution in [1.82, 2.24) is 24.8 Å². The molecule has 0 aliphatic carbocycles. The molecule has 3 aromatic rings. The number of nitrogens with zero attached hydrogens (tertiary/aromatic N) is 6. The van der Waals surface area contributed by atoms with Crippen molar-refractivity contribution in [2.75, 3.05) is 37.9 Å². The maximum absolute atomic E-state index is 14.7. The fraction of sp³-hybridized carbons (Fsp3) is 0.381. The third-order valence-corrected chi connectivity index (χ3v) is 5.85. The summed E-state index contributed by atoms with van der Waals surface area (Å²) in [5, 5.41) is 0.370. The van der Waals surface area contributed by atoms with Gasteiger partial charge in [0.15, 0.2) is 22.5 Å². The van der Waals surface area contributed by atoms with Crippen LogP contribution in [0.1, 0.15) is 24.2 Å². The van der Waals surface area contributed by atoms with Crippen molar-refractivity contribution >= 4 is 28.3 Å². The van der Waals surface area contributed by atoms with Crippen LogP contribution < -0.4 is 15.4 Å². The van der Waals surface area contributed by atoms with Crippen LogP contribution in [0.3, 0.4) is 0 Å². The molecule has 1 aliphatic rings. The molecule has 174 valence electrons. The van der Waals surface area contributed by atoms with Gasteiger partial charge in [0.2, 0.25) is 5.95 Å². The van der Waals surface area contributed by atoms with E-state index < -0.39 is 5.82 Å². The molecule has 10 nitrogen and oxygen atoms in total. The van der Waals surface area contributed by atoms with Crippen molar-refractivity contribution in [1.29, 1.82) is 0 Å².